The molecule has 0 bridgehead atoms. The molecule has 1 rings (SSSR count). The van der Waals surface area contributed by atoms with Crippen molar-refractivity contribution in [2.24, 2.45) is 11.3 Å². The summed E-state index contributed by atoms with van der Waals surface area (Å²) in [6.07, 6.45) is 1.82. The second-order valence-corrected chi connectivity index (χ2v) is 4.68. The van der Waals surface area contributed by atoms with E-state index in [0.29, 0.717) is 6.61 Å². The summed E-state index contributed by atoms with van der Waals surface area (Å²) in [5.74, 6) is -1.14. The number of hydrogen-bond donors (Lipinski definition) is 1. The molecule has 0 spiro atoms. The first kappa shape index (κ1) is 10.5. The Morgan fingerprint density at radius 1 is 1.62 bits per heavy atom. The van der Waals surface area contributed by atoms with Crippen LogP contribution in [-0.4, -0.2) is 23.8 Å². The van der Waals surface area contributed by atoms with Crippen molar-refractivity contribution < 1.29 is 14.6 Å². The highest BCUT2D eigenvalue weighted by molar-refractivity contribution is 5.70. The van der Waals surface area contributed by atoms with E-state index in [9.17, 15) is 4.79 Å². The Morgan fingerprint density at radius 3 is 2.62 bits per heavy atom. The lowest BCUT2D eigenvalue weighted by atomic mass is 9.83. The fraction of sp³-hybridized carbons (Fsp3) is 0.900. The quantitative estimate of drug-likeness (QED) is 0.716. The van der Waals surface area contributed by atoms with Crippen molar-refractivity contribution in [1.82, 2.24) is 0 Å². The predicted octanol–water partition coefficient (Wildman–Crippen LogP) is 1.91. The van der Waals surface area contributed by atoms with Gasteiger partial charge in [-0.2, -0.15) is 0 Å². The summed E-state index contributed by atoms with van der Waals surface area (Å²) in [5, 5.41) is 8.78. The van der Waals surface area contributed by atoms with Crippen LogP contribution >= 0.6 is 0 Å². The van der Waals surface area contributed by atoms with Crippen LogP contribution in [0.15, 0.2) is 0 Å². The molecule has 1 saturated heterocycles. The van der Waals surface area contributed by atoms with E-state index in [1.807, 2.05) is 0 Å². The van der Waals surface area contributed by atoms with E-state index in [4.69, 9.17) is 9.84 Å². The van der Waals surface area contributed by atoms with Crippen molar-refractivity contribution in [3.8, 4) is 0 Å². The maximum absolute atomic E-state index is 10.7. The number of carboxylic acid groups (broad SMARTS) is 1. The molecule has 2 atom stereocenters. The number of hydrogen-bond acceptors (Lipinski definition) is 2. The molecule has 0 radical (unpaired) electrons. The highest BCUT2D eigenvalue weighted by atomic mass is 16.5. The Labute approximate surface area is 79.1 Å². The van der Waals surface area contributed by atoms with E-state index in [-0.39, 0.29) is 17.4 Å². The summed E-state index contributed by atoms with van der Waals surface area (Å²) >= 11 is 0. The molecule has 3 nitrogen and oxygen atoms in total. The van der Waals surface area contributed by atoms with E-state index in [0.717, 1.165) is 12.8 Å². The van der Waals surface area contributed by atoms with Crippen LogP contribution in [0.25, 0.3) is 0 Å². The first-order valence-electron chi connectivity index (χ1n) is 4.77. The minimum absolute atomic E-state index is 0.0921. The highest BCUT2D eigenvalue weighted by Crippen LogP contribution is 2.32. The van der Waals surface area contributed by atoms with Gasteiger partial charge in [0.05, 0.1) is 18.6 Å². The van der Waals surface area contributed by atoms with Gasteiger partial charge in [0, 0.05) is 0 Å². The number of ether oxygens (including phenoxy) is 1. The zero-order chi connectivity index (χ0) is 10.1. The maximum Gasteiger partial charge on any atom is 0.308 e. The minimum Gasteiger partial charge on any atom is -0.481 e. The molecule has 1 N–H and O–H groups in total. The lowest BCUT2D eigenvalue weighted by Gasteiger charge is -2.35. The van der Waals surface area contributed by atoms with Gasteiger partial charge in [0.1, 0.15) is 0 Å². The standard InChI is InChI=1S/C10H18O3/c1-7(9(11)12)8-4-5-10(2,3)6-13-8/h7-8H,4-6H2,1-3H3,(H,11,12)/t7-,8?/m1/s1. The van der Waals surface area contributed by atoms with Crippen LogP contribution in [0.1, 0.15) is 33.6 Å². The van der Waals surface area contributed by atoms with Gasteiger partial charge in [0.15, 0.2) is 0 Å². The maximum atomic E-state index is 10.7. The van der Waals surface area contributed by atoms with Crippen LogP contribution in [0.5, 0.6) is 0 Å². The van der Waals surface area contributed by atoms with Gasteiger partial charge < -0.3 is 9.84 Å². The molecule has 76 valence electrons. The van der Waals surface area contributed by atoms with Crippen molar-refractivity contribution >= 4 is 5.97 Å². The van der Waals surface area contributed by atoms with E-state index < -0.39 is 5.97 Å². The first-order chi connectivity index (χ1) is 5.92. The van der Waals surface area contributed by atoms with Crippen LogP contribution < -0.4 is 0 Å². The largest absolute Gasteiger partial charge is 0.481 e. The van der Waals surface area contributed by atoms with Crippen molar-refractivity contribution in [1.29, 1.82) is 0 Å². The van der Waals surface area contributed by atoms with Gasteiger partial charge in [0.25, 0.3) is 0 Å². The number of carboxylic acids is 1. The molecule has 0 aromatic carbocycles. The Balaban J connectivity index is 2.45. The molecular formula is C10H18O3. The second kappa shape index (κ2) is 3.66. The topological polar surface area (TPSA) is 46.5 Å². The van der Waals surface area contributed by atoms with Gasteiger partial charge in [-0.05, 0) is 25.2 Å². The first-order valence-corrected chi connectivity index (χ1v) is 4.77. The van der Waals surface area contributed by atoms with Gasteiger partial charge in [0.2, 0.25) is 0 Å². The van der Waals surface area contributed by atoms with E-state index in [1.165, 1.54) is 0 Å². The molecule has 0 saturated carbocycles. The van der Waals surface area contributed by atoms with Crippen LogP contribution in [-0.2, 0) is 9.53 Å². The zero-order valence-electron chi connectivity index (χ0n) is 8.54. The molecule has 0 aliphatic carbocycles. The summed E-state index contributed by atoms with van der Waals surface area (Å²) in [7, 11) is 0. The number of carbonyl (C=O) groups is 1. The molecule has 1 unspecified atom stereocenters. The lowest BCUT2D eigenvalue weighted by molar-refractivity contribution is -0.151. The summed E-state index contributed by atoms with van der Waals surface area (Å²) in [4.78, 5) is 10.7. The molecular weight excluding hydrogens is 168 g/mol. The molecule has 3 heteroatoms. The summed E-state index contributed by atoms with van der Waals surface area (Å²) in [6.45, 7) is 6.68. The molecule has 1 aliphatic rings. The fourth-order valence-corrected chi connectivity index (χ4v) is 1.57. The molecule has 0 amide bonds. The summed E-state index contributed by atoms with van der Waals surface area (Å²) < 4.78 is 5.54. The smallest absolute Gasteiger partial charge is 0.308 e. The zero-order valence-corrected chi connectivity index (χ0v) is 8.54. The average molecular weight is 186 g/mol. The highest BCUT2D eigenvalue weighted by Gasteiger charge is 2.32. The Bertz CT molecular complexity index is 188. The average Bonchev–Trinajstić information content (AvgIpc) is 2.03. The Hall–Kier alpha value is -0.570. The van der Waals surface area contributed by atoms with E-state index in [1.54, 1.807) is 6.92 Å². The predicted molar refractivity (Wildman–Crippen MR) is 49.6 cm³/mol. The van der Waals surface area contributed by atoms with E-state index in [2.05, 4.69) is 13.8 Å². The lowest BCUT2D eigenvalue weighted by Crippen LogP contribution is -2.37. The van der Waals surface area contributed by atoms with Crippen LogP contribution in [0.4, 0.5) is 0 Å². The molecule has 0 aromatic heterocycles. The molecule has 13 heavy (non-hydrogen) atoms. The third-order valence-electron chi connectivity index (χ3n) is 2.74. The van der Waals surface area contributed by atoms with Crippen molar-refractivity contribution in [2.75, 3.05) is 6.61 Å². The summed E-state index contributed by atoms with van der Waals surface area (Å²) in [6, 6.07) is 0. The normalized spacial score (nSPS) is 29.6. The summed E-state index contributed by atoms with van der Waals surface area (Å²) in [5.41, 5.74) is 0.217. The minimum atomic E-state index is -0.760. The Morgan fingerprint density at radius 2 is 2.23 bits per heavy atom. The number of rotatable bonds is 2. The van der Waals surface area contributed by atoms with Crippen LogP contribution in [0, 0.1) is 11.3 Å². The third-order valence-corrected chi connectivity index (χ3v) is 2.74. The van der Waals surface area contributed by atoms with Crippen LogP contribution in [0.2, 0.25) is 0 Å². The van der Waals surface area contributed by atoms with Gasteiger partial charge in [-0.1, -0.05) is 13.8 Å². The van der Waals surface area contributed by atoms with Gasteiger partial charge in [-0.3, -0.25) is 4.79 Å². The molecule has 1 aliphatic heterocycles. The molecule has 1 fully saturated rings. The second-order valence-electron chi connectivity index (χ2n) is 4.68. The van der Waals surface area contributed by atoms with Crippen LogP contribution in [0.3, 0.4) is 0 Å². The van der Waals surface area contributed by atoms with Gasteiger partial charge in [-0.25, -0.2) is 0 Å². The van der Waals surface area contributed by atoms with Gasteiger partial charge >= 0.3 is 5.97 Å². The molecule has 1 heterocycles. The molecule has 0 aromatic rings. The number of aliphatic carboxylic acids is 1. The van der Waals surface area contributed by atoms with E-state index >= 15 is 0 Å². The van der Waals surface area contributed by atoms with Crippen molar-refractivity contribution in [2.45, 2.75) is 39.7 Å². The van der Waals surface area contributed by atoms with Gasteiger partial charge in [-0.15, -0.1) is 0 Å². The SMILES string of the molecule is C[C@@H](C(=O)O)C1CCC(C)(C)CO1. The van der Waals surface area contributed by atoms with Crippen molar-refractivity contribution in [3.05, 3.63) is 0 Å². The fourth-order valence-electron chi connectivity index (χ4n) is 1.57. The van der Waals surface area contributed by atoms with Crippen molar-refractivity contribution in [3.63, 3.8) is 0 Å². The Kier molecular flexibility index (Phi) is 2.96. The monoisotopic (exact) mass is 186 g/mol. The third kappa shape index (κ3) is 2.69.